The Hall–Kier alpha value is -1.71. The molecule has 4 nitrogen and oxygen atoms in total. The third-order valence-corrected chi connectivity index (χ3v) is 4.25. The van der Waals surface area contributed by atoms with E-state index in [2.05, 4.69) is 22.2 Å². The molecule has 0 saturated heterocycles. The van der Waals surface area contributed by atoms with E-state index in [0.29, 0.717) is 5.41 Å². The second-order valence-electron chi connectivity index (χ2n) is 6.09. The molecule has 3 rings (SSSR count). The molecule has 4 heteroatoms. The van der Waals surface area contributed by atoms with Crippen molar-refractivity contribution in [2.75, 3.05) is 17.6 Å². The van der Waals surface area contributed by atoms with Crippen LogP contribution in [0.5, 0.6) is 0 Å². The summed E-state index contributed by atoms with van der Waals surface area (Å²) in [6, 6.07) is 5.76. The smallest absolute Gasteiger partial charge is 0.201 e. The molecule has 1 saturated carbocycles. The lowest BCUT2D eigenvalue weighted by Gasteiger charge is -2.33. The van der Waals surface area contributed by atoms with Gasteiger partial charge in [0.25, 0.3) is 0 Å². The van der Waals surface area contributed by atoms with Crippen LogP contribution in [-0.2, 0) is 0 Å². The van der Waals surface area contributed by atoms with Crippen molar-refractivity contribution in [2.24, 2.45) is 5.41 Å². The largest absolute Gasteiger partial charge is 0.399 e. The van der Waals surface area contributed by atoms with Crippen LogP contribution in [0.1, 0.15) is 39.0 Å². The average Bonchev–Trinajstić information content (AvgIpc) is 2.79. The van der Waals surface area contributed by atoms with Crippen LogP contribution in [0, 0.1) is 5.41 Å². The van der Waals surface area contributed by atoms with Gasteiger partial charge in [0, 0.05) is 12.2 Å². The van der Waals surface area contributed by atoms with Crippen molar-refractivity contribution in [3.05, 3.63) is 18.2 Å². The van der Waals surface area contributed by atoms with Gasteiger partial charge < -0.3 is 16.0 Å². The summed E-state index contributed by atoms with van der Waals surface area (Å²) < 4.78 is 0. The molecule has 0 radical (unpaired) electrons. The van der Waals surface area contributed by atoms with Gasteiger partial charge in [0.1, 0.15) is 0 Å². The number of hydrogen-bond donors (Lipinski definition) is 3. The minimum Gasteiger partial charge on any atom is -0.399 e. The number of aromatic nitrogens is 2. The highest BCUT2D eigenvalue weighted by molar-refractivity contribution is 5.80. The van der Waals surface area contributed by atoms with E-state index >= 15 is 0 Å². The fourth-order valence-corrected chi connectivity index (χ4v) is 2.99. The molecule has 0 bridgehead atoms. The fourth-order valence-electron chi connectivity index (χ4n) is 2.99. The fraction of sp³-hybridized carbons (Fsp3) is 0.533. The van der Waals surface area contributed by atoms with E-state index < -0.39 is 0 Å². The van der Waals surface area contributed by atoms with Crippen molar-refractivity contribution < 1.29 is 0 Å². The number of benzene rings is 1. The van der Waals surface area contributed by atoms with Crippen LogP contribution in [-0.4, -0.2) is 16.5 Å². The highest BCUT2D eigenvalue weighted by Gasteiger charge is 2.26. The summed E-state index contributed by atoms with van der Waals surface area (Å²) in [6.45, 7) is 3.36. The van der Waals surface area contributed by atoms with Gasteiger partial charge in [-0.25, -0.2) is 4.98 Å². The highest BCUT2D eigenvalue weighted by Crippen LogP contribution is 2.35. The number of nitrogens with zero attached hydrogens (tertiary/aromatic N) is 1. The third-order valence-electron chi connectivity index (χ3n) is 4.25. The van der Waals surface area contributed by atoms with Gasteiger partial charge >= 0.3 is 0 Å². The molecule has 1 heterocycles. The van der Waals surface area contributed by atoms with Crippen LogP contribution in [0.4, 0.5) is 11.6 Å². The molecule has 0 aliphatic heterocycles. The number of anilines is 2. The van der Waals surface area contributed by atoms with Crippen LogP contribution in [0.25, 0.3) is 11.0 Å². The van der Waals surface area contributed by atoms with E-state index in [-0.39, 0.29) is 0 Å². The van der Waals surface area contributed by atoms with E-state index in [0.717, 1.165) is 29.2 Å². The normalized spacial score (nSPS) is 18.6. The van der Waals surface area contributed by atoms with Crippen molar-refractivity contribution in [1.82, 2.24) is 9.97 Å². The minimum atomic E-state index is 0.413. The molecule has 1 aromatic carbocycles. The molecule has 1 fully saturated rings. The van der Waals surface area contributed by atoms with Gasteiger partial charge in [-0.2, -0.15) is 0 Å². The first-order valence-corrected chi connectivity index (χ1v) is 7.14. The maximum absolute atomic E-state index is 5.78. The second kappa shape index (κ2) is 4.76. The minimum absolute atomic E-state index is 0.413. The number of rotatable bonds is 3. The van der Waals surface area contributed by atoms with Gasteiger partial charge in [-0.15, -0.1) is 0 Å². The molecule has 1 aliphatic carbocycles. The SMILES string of the molecule is CC1(CNc2nc3ccc(N)cc3[nH]2)CCCCC1. The standard InChI is InChI=1S/C15H22N4/c1-15(7-3-2-4-8-15)10-17-14-18-12-6-5-11(16)9-13(12)19-14/h5-6,9H,2-4,7-8,10,16H2,1H3,(H2,17,18,19). The molecular weight excluding hydrogens is 236 g/mol. The Balaban J connectivity index is 1.71. The van der Waals surface area contributed by atoms with Crippen molar-refractivity contribution in [3.8, 4) is 0 Å². The van der Waals surface area contributed by atoms with Crippen molar-refractivity contribution in [2.45, 2.75) is 39.0 Å². The number of hydrogen-bond acceptors (Lipinski definition) is 3. The number of aromatic amines is 1. The van der Waals surface area contributed by atoms with Crippen LogP contribution in [0.2, 0.25) is 0 Å². The Bertz CT molecular complexity index is 567. The quantitative estimate of drug-likeness (QED) is 0.738. The van der Waals surface area contributed by atoms with Gasteiger partial charge in [-0.3, -0.25) is 0 Å². The number of H-pyrrole nitrogens is 1. The second-order valence-corrected chi connectivity index (χ2v) is 6.09. The van der Waals surface area contributed by atoms with Crippen molar-refractivity contribution in [1.29, 1.82) is 0 Å². The van der Waals surface area contributed by atoms with Gasteiger partial charge in [-0.05, 0) is 36.5 Å². The summed E-state index contributed by atoms with van der Waals surface area (Å²) in [4.78, 5) is 7.84. The number of nitrogen functional groups attached to an aromatic ring is 1. The van der Waals surface area contributed by atoms with Crippen LogP contribution < -0.4 is 11.1 Å². The van der Waals surface area contributed by atoms with Crippen molar-refractivity contribution in [3.63, 3.8) is 0 Å². The Morgan fingerprint density at radius 1 is 1.32 bits per heavy atom. The zero-order chi connectivity index (χ0) is 13.3. The molecule has 19 heavy (non-hydrogen) atoms. The van der Waals surface area contributed by atoms with Crippen LogP contribution >= 0.6 is 0 Å². The van der Waals surface area contributed by atoms with Gasteiger partial charge in [0.05, 0.1) is 11.0 Å². The van der Waals surface area contributed by atoms with Gasteiger partial charge in [0.2, 0.25) is 5.95 Å². The molecular formula is C15H22N4. The first kappa shape index (κ1) is 12.3. The molecule has 0 atom stereocenters. The highest BCUT2D eigenvalue weighted by atomic mass is 15.1. The summed E-state index contributed by atoms with van der Waals surface area (Å²) in [5, 5.41) is 3.46. The zero-order valence-corrected chi connectivity index (χ0v) is 11.5. The number of fused-ring (bicyclic) bond motifs is 1. The van der Waals surface area contributed by atoms with E-state index in [1.807, 2.05) is 18.2 Å². The molecule has 0 amide bonds. The van der Waals surface area contributed by atoms with Crippen molar-refractivity contribution >= 4 is 22.7 Å². The summed E-state index contributed by atoms with van der Waals surface area (Å²) >= 11 is 0. The lowest BCUT2D eigenvalue weighted by Crippen LogP contribution is -2.29. The molecule has 1 aromatic heterocycles. The molecule has 1 aliphatic rings. The number of imidazole rings is 1. The Kier molecular flexibility index (Phi) is 3.09. The van der Waals surface area contributed by atoms with Gasteiger partial charge in [0.15, 0.2) is 0 Å². The van der Waals surface area contributed by atoms with E-state index in [1.54, 1.807) is 0 Å². The maximum Gasteiger partial charge on any atom is 0.201 e. The molecule has 0 spiro atoms. The summed E-state index contributed by atoms with van der Waals surface area (Å²) in [5.41, 5.74) is 8.92. The molecule has 0 unspecified atom stereocenters. The molecule has 4 N–H and O–H groups in total. The predicted octanol–water partition coefficient (Wildman–Crippen LogP) is 3.53. The zero-order valence-electron chi connectivity index (χ0n) is 11.5. The number of nitrogens with two attached hydrogens (primary N) is 1. The monoisotopic (exact) mass is 258 g/mol. The third kappa shape index (κ3) is 2.67. The number of nitrogens with one attached hydrogen (secondary N) is 2. The van der Waals surface area contributed by atoms with E-state index in [9.17, 15) is 0 Å². The Labute approximate surface area is 113 Å². The van der Waals surface area contributed by atoms with E-state index in [4.69, 9.17) is 5.73 Å². The summed E-state index contributed by atoms with van der Waals surface area (Å²) in [7, 11) is 0. The Morgan fingerprint density at radius 3 is 2.89 bits per heavy atom. The first-order chi connectivity index (χ1) is 9.15. The average molecular weight is 258 g/mol. The lowest BCUT2D eigenvalue weighted by molar-refractivity contribution is 0.233. The predicted molar refractivity (Wildman–Crippen MR) is 80.2 cm³/mol. The topological polar surface area (TPSA) is 66.7 Å². The van der Waals surface area contributed by atoms with Crippen LogP contribution in [0.15, 0.2) is 18.2 Å². The van der Waals surface area contributed by atoms with E-state index in [1.165, 1.54) is 32.1 Å². The molecule has 2 aromatic rings. The molecule has 102 valence electrons. The summed E-state index contributed by atoms with van der Waals surface area (Å²) in [6.07, 6.45) is 6.73. The lowest BCUT2D eigenvalue weighted by atomic mass is 9.76. The van der Waals surface area contributed by atoms with Crippen LogP contribution in [0.3, 0.4) is 0 Å². The summed E-state index contributed by atoms with van der Waals surface area (Å²) in [5.74, 6) is 0.854. The maximum atomic E-state index is 5.78. The van der Waals surface area contributed by atoms with Gasteiger partial charge in [-0.1, -0.05) is 26.2 Å². The first-order valence-electron chi connectivity index (χ1n) is 7.14. The Morgan fingerprint density at radius 2 is 2.11 bits per heavy atom.